The molecule has 0 saturated carbocycles. The van der Waals surface area contributed by atoms with Crippen LogP contribution in [-0.2, 0) is 9.53 Å². The third-order valence-electron chi connectivity index (χ3n) is 2.91. The maximum Gasteiger partial charge on any atom is 0.245 e. The number of rotatable bonds is 8. The largest absolute Gasteiger partial charge is 0.372 e. The zero-order chi connectivity index (χ0) is 11.6. The highest BCUT2D eigenvalue weighted by Crippen LogP contribution is 2.10. The third kappa shape index (κ3) is 6.08. The maximum atomic E-state index is 11.3. The predicted molar refractivity (Wildman–Crippen MR) is 64.3 cm³/mol. The first-order valence-corrected chi connectivity index (χ1v) is 6.38. The molecule has 0 aromatic rings. The summed E-state index contributed by atoms with van der Waals surface area (Å²) in [6.07, 6.45) is 4.45. The fraction of sp³-hybridized carbons (Fsp3) is 0.917. The van der Waals surface area contributed by atoms with Crippen LogP contribution in [-0.4, -0.2) is 38.8 Å². The van der Waals surface area contributed by atoms with Gasteiger partial charge in [0, 0.05) is 13.2 Å². The van der Waals surface area contributed by atoms with Crippen molar-refractivity contribution in [3.63, 3.8) is 0 Å². The number of carbonyl (C=O) groups is 1. The van der Waals surface area contributed by atoms with Gasteiger partial charge in [0.05, 0.1) is 0 Å². The summed E-state index contributed by atoms with van der Waals surface area (Å²) < 4.78 is 5.23. The molecule has 0 aromatic heterocycles. The number of unbranched alkanes of at least 4 members (excludes halogenated alkanes) is 1. The molecule has 0 radical (unpaired) electrons. The van der Waals surface area contributed by atoms with Gasteiger partial charge in [-0.25, -0.2) is 0 Å². The smallest absolute Gasteiger partial charge is 0.245 e. The zero-order valence-corrected chi connectivity index (χ0v) is 10.3. The first-order chi connectivity index (χ1) is 7.83. The van der Waals surface area contributed by atoms with Gasteiger partial charge in [0.1, 0.15) is 6.61 Å². The van der Waals surface area contributed by atoms with E-state index in [1.807, 2.05) is 0 Å². The second-order valence-electron chi connectivity index (χ2n) is 4.40. The Morgan fingerprint density at radius 1 is 1.56 bits per heavy atom. The Morgan fingerprint density at radius 2 is 2.44 bits per heavy atom. The molecule has 0 bridgehead atoms. The van der Waals surface area contributed by atoms with Crippen LogP contribution in [0.15, 0.2) is 0 Å². The summed E-state index contributed by atoms with van der Waals surface area (Å²) in [5.74, 6) is 0.753. The van der Waals surface area contributed by atoms with Gasteiger partial charge >= 0.3 is 0 Å². The Morgan fingerprint density at radius 3 is 3.12 bits per heavy atom. The fourth-order valence-corrected chi connectivity index (χ4v) is 1.84. The van der Waals surface area contributed by atoms with Crippen LogP contribution in [0.4, 0.5) is 0 Å². The molecule has 1 saturated heterocycles. The quantitative estimate of drug-likeness (QED) is 0.607. The van der Waals surface area contributed by atoms with Crippen LogP contribution in [0.5, 0.6) is 0 Å². The molecule has 0 spiro atoms. The molecule has 2 N–H and O–H groups in total. The average Bonchev–Trinajstić information content (AvgIpc) is 2.77. The molecule has 1 unspecified atom stereocenters. The van der Waals surface area contributed by atoms with E-state index >= 15 is 0 Å². The summed E-state index contributed by atoms with van der Waals surface area (Å²) in [6.45, 7) is 6.02. The van der Waals surface area contributed by atoms with Crippen molar-refractivity contribution in [1.29, 1.82) is 0 Å². The lowest BCUT2D eigenvalue weighted by molar-refractivity contribution is -0.125. The van der Waals surface area contributed by atoms with E-state index in [-0.39, 0.29) is 12.5 Å². The number of hydrogen-bond donors (Lipinski definition) is 2. The summed E-state index contributed by atoms with van der Waals surface area (Å²) in [7, 11) is 0. The molecule has 0 aliphatic carbocycles. The Kier molecular flexibility index (Phi) is 7.17. The summed E-state index contributed by atoms with van der Waals surface area (Å²) in [4.78, 5) is 11.3. The van der Waals surface area contributed by atoms with Crippen molar-refractivity contribution in [2.75, 3.05) is 32.8 Å². The third-order valence-corrected chi connectivity index (χ3v) is 2.91. The molecule has 16 heavy (non-hydrogen) atoms. The fourth-order valence-electron chi connectivity index (χ4n) is 1.84. The van der Waals surface area contributed by atoms with E-state index in [0.29, 0.717) is 6.61 Å². The highest BCUT2D eigenvalue weighted by Gasteiger charge is 2.13. The molecule has 1 fully saturated rings. The van der Waals surface area contributed by atoms with Gasteiger partial charge in [-0.05, 0) is 38.3 Å². The molecule has 1 heterocycles. The summed E-state index contributed by atoms with van der Waals surface area (Å²) in [6, 6.07) is 0. The summed E-state index contributed by atoms with van der Waals surface area (Å²) in [5, 5.41) is 6.22. The second kappa shape index (κ2) is 8.53. The maximum absolute atomic E-state index is 11.3. The van der Waals surface area contributed by atoms with E-state index in [2.05, 4.69) is 17.6 Å². The molecule has 1 rings (SSSR count). The van der Waals surface area contributed by atoms with Crippen LogP contribution >= 0.6 is 0 Å². The molecule has 4 heteroatoms. The average molecular weight is 228 g/mol. The number of carbonyl (C=O) groups excluding carboxylic acids is 1. The minimum absolute atomic E-state index is 0.0158. The lowest BCUT2D eigenvalue weighted by atomic mass is 10.1. The van der Waals surface area contributed by atoms with Gasteiger partial charge in [-0.3, -0.25) is 4.79 Å². The molecular formula is C12H24N2O2. The zero-order valence-electron chi connectivity index (χ0n) is 10.3. The number of nitrogens with one attached hydrogen (secondary N) is 2. The van der Waals surface area contributed by atoms with Crippen molar-refractivity contribution in [2.24, 2.45) is 5.92 Å². The SMILES string of the molecule is CCCCOCC(=O)NCCC1CCNC1. The Balaban J connectivity index is 1.89. The van der Waals surface area contributed by atoms with Crippen LogP contribution in [0.3, 0.4) is 0 Å². The van der Waals surface area contributed by atoms with Gasteiger partial charge in [-0.2, -0.15) is 0 Å². The predicted octanol–water partition coefficient (Wildman–Crippen LogP) is 0.919. The van der Waals surface area contributed by atoms with Crippen LogP contribution in [0.2, 0.25) is 0 Å². The topological polar surface area (TPSA) is 50.4 Å². The van der Waals surface area contributed by atoms with E-state index in [0.717, 1.165) is 44.8 Å². The normalized spacial score (nSPS) is 19.9. The van der Waals surface area contributed by atoms with Gasteiger partial charge < -0.3 is 15.4 Å². The Hall–Kier alpha value is -0.610. The number of hydrogen-bond acceptors (Lipinski definition) is 3. The van der Waals surface area contributed by atoms with Crippen LogP contribution in [0.25, 0.3) is 0 Å². The summed E-state index contributed by atoms with van der Waals surface area (Å²) >= 11 is 0. The minimum Gasteiger partial charge on any atom is -0.372 e. The van der Waals surface area contributed by atoms with Gasteiger partial charge in [0.15, 0.2) is 0 Å². The number of amides is 1. The standard InChI is InChI=1S/C12H24N2O2/c1-2-3-8-16-10-12(15)14-7-5-11-4-6-13-9-11/h11,13H,2-10H2,1H3,(H,14,15). The van der Waals surface area contributed by atoms with Gasteiger partial charge in [-0.1, -0.05) is 13.3 Å². The number of ether oxygens (including phenoxy) is 1. The van der Waals surface area contributed by atoms with Gasteiger partial charge in [0.2, 0.25) is 5.91 Å². The Bertz CT molecular complexity index is 191. The van der Waals surface area contributed by atoms with Crippen molar-refractivity contribution < 1.29 is 9.53 Å². The van der Waals surface area contributed by atoms with Crippen molar-refractivity contribution in [1.82, 2.24) is 10.6 Å². The minimum atomic E-state index is 0.0158. The van der Waals surface area contributed by atoms with Crippen LogP contribution < -0.4 is 10.6 Å². The van der Waals surface area contributed by atoms with E-state index in [1.165, 1.54) is 6.42 Å². The molecule has 94 valence electrons. The molecule has 1 aliphatic heterocycles. The molecular weight excluding hydrogens is 204 g/mol. The molecule has 1 aliphatic rings. The van der Waals surface area contributed by atoms with E-state index in [1.54, 1.807) is 0 Å². The Labute approximate surface area is 98.1 Å². The van der Waals surface area contributed by atoms with Crippen molar-refractivity contribution >= 4 is 5.91 Å². The highest BCUT2D eigenvalue weighted by molar-refractivity contribution is 5.77. The van der Waals surface area contributed by atoms with Crippen LogP contribution in [0, 0.1) is 5.92 Å². The molecule has 1 amide bonds. The monoisotopic (exact) mass is 228 g/mol. The van der Waals surface area contributed by atoms with E-state index in [9.17, 15) is 4.79 Å². The van der Waals surface area contributed by atoms with Crippen molar-refractivity contribution in [2.45, 2.75) is 32.6 Å². The van der Waals surface area contributed by atoms with Gasteiger partial charge in [0.25, 0.3) is 0 Å². The van der Waals surface area contributed by atoms with Crippen molar-refractivity contribution in [3.05, 3.63) is 0 Å². The summed E-state index contributed by atoms with van der Waals surface area (Å²) in [5.41, 5.74) is 0. The van der Waals surface area contributed by atoms with Gasteiger partial charge in [-0.15, -0.1) is 0 Å². The molecule has 0 aromatic carbocycles. The first-order valence-electron chi connectivity index (χ1n) is 6.38. The second-order valence-corrected chi connectivity index (χ2v) is 4.40. The first kappa shape index (κ1) is 13.5. The van der Waals surface area contributed by atoms with E-state index in [4.69, 9.17) is 4.74 Å². The lowest BCUT2D eigenvalue weighted by Gasteiger charge is -2.09. The lowest BCUT2D eigenvalue weighted by Crippen LogP contribution is -2.30. The molecule has 4 nitrogen and oxygen atoms in total. The molecule has 1 atom stereocenters. The highest BCUT2D eigenvalue weighted by atomic mass is 16.5. The van der Waals surface area contributed by atoms with Crippen LogP contribution in [0.1, 0.15) is 32.6 Å². The van der Waals surface area contributed by atoms with E-state index < -0.39 is 0 Å². The van der Waals surface area contributed by atoms with Crippen molar-refractivity contribution in [3.8, 4) is 0 Å².